The number of Topliss-reactive ketones (excluding diaryl/α,β-unsaturated/α-hetero) is 1. The molecule has 7 nitrogen and oxygen atoms in total. The van der Waals surface area contributed by atoms with Crippen molar-refractivity contribution >= 4 is 32.9 Å². The lowest BCUT2D eigenvalue weighted by Crippen LogP contribution is -2.38. The smallest absolute Gasteiger partial charge is 0.297 e. The Hall–Kier alpha value is -4.04. The highest BCUT2D eigenvalue weighted by molar-refractivity contribution is 9.10. The fraction of sp³-hybridized carbons (Fsp3) is 0.111. The molecule has 0 bridgehead atoms. The van der Waals surface area contributed by atoms with Gasteiger partial charge in [0, 0.05) is 19.7 Å². The molecule has 0 spiro atoms. The molecule has 5 rings (SSSR count). The highest BCUT2D eigenvalue weighted by Crippen LogP contribution is 2.31. The van der Waals surface area contributed by atoms with Gasteiger partial charge in [-0.05, 0) is 32.6 Å². The Morgan fingerprint density at radius 2 is 1.37 bits per heavy atom. The van der Waals surface area contributed by atoms with Crippen molar-refractivity contribution in [3.8, 4) is 11.1 Å². The van der Waals surface area contributed by atoms with Crippen LogP contribution in [0, 0.1) is 0 Å². The largest absolute Gasteiger partial charge is 0.332 e. The molecule has 2 heterocycles. The Morgan fingerprint density at radius 1 is 0.800 bits per heavy atom. The number of aryl methyl sites for hydroxylation is 1. The third-order valence-electron chi connectivity index (χ3n) is 6.15. The monoisotopic (exact) mass is 528 g/mol. The summed E-state index contributed by atoms with van der Waals surface area (Å²) in [6, 6.07) is 25.7. The van der Waals surface area contributed by atoms with Gasteiger partial charge in [0.15, 0.2) is 21.7 Å². The van der Waals surface area contributed by atoms with Crippen molar-refractivity contribution in [1.29, 1.82) is 0 Å². The summed E-state index contributed by atoms with van der Waals surface area (Å²) < 4.78 is 4.18. The van der Waals surface area contributed by atoms with E-state index in [-0.39, 0.29) is 21.7 Å². The van der Waals surface area contributed by atoms with Crippen LogP contribution in [0.25, 0.3) is 22.3 Å². The summed E-state index contributed by atoms with van der Waals surface area (Å²) in [5, 5.41) is 0. The summed E-state index contributed by atoms with van der Waals surface area (Å²) in [4.78, 5) is 44.1. The molecule has 1 atom stereocenters. The van der Waals surface area contributed by atoms with Gasteiger partial charge in [-0.15, -0.1) is 0 Å². The standard InChI is InChI=1S/C27H21BrN4O3/c1-30-24-22(25(34)31(2)27(30)35)32(26(28)29-24)21(19-11-7-4-8-12-19)23(33)20-15-13-18(14-16-20)17-9-5-3-6-10-17/h3-16,21H,1-2H3/t21-/m0/s1. The molecule has 0 fully saturated rings. The molecule has 174 valence electrons. The van der Waals surface area contributed by atoms with Gasteiger partial charge in [0.25, 0.3) is 5.56 Å². The maximum atomic E-state index is 14.0. The summed E-state index contributed by atoms with van der Waals surface area (Å²) in [5.74, 6) is -0.202. The lowest BCUT2D eigenvalue weighted by Gasteiger charge is -2.20. The van der Waals surface area contributed by atoms with E-state index >= 15 is 0 Å². The minimum Gasteiger partial charge on any atom is -0.297 e. The van der Waals surface area contributed by atoms with E-state index in [9.17, 15) is 14.4 Å². The number of rotatable bonds is 5. The molecule has 0 N–H and O–H groups in total. The fourth-order valence-corrected chi connectivity index (χ4v) is 4.84. The van der Waals surface area contributed by atoms with E-state index in [4.69, 9.17) is 0 Å². The molecule has 0 aliphatic rings. The quantitative estimate of drug-likeness (QED) is 0.251. The average Bonchev–Trinajstić information content (AvgIpc) is 3.24. The van der Waals surface area contributed by atoms with E-state index < -0.39 is 17.3 Å². The summed E-state index contributed by atoms with van der Waals surface area (Å²) in [6.07, 6.45) is 0. The van der Waals surface area contributed by atoms with Crippen LogP contribution >= 0.6 is 15.9 Å². The van der Waals surface area contributed by atoms with Crippen molar-refractivity contribution in [2.24, 2.45) is 14.1 Å². The van der Waals surface area contributed by atoms with Gasteiger partial charge < -0.3 is 0 Å². The summed E-state index contributed by atoms with van der Waals surface area (Å²) in [6.45, 7) is 0. The number of imidazole rings is 1. The minimum atomic E-state index is -0.872. The normalized spacial score (nSPS) is 12.1. The summed E-state index contributed by atoms with van der Waals surface area (Å²) in [5.41, 5.74) is 2.61. The molecule has 5 aromatic rings. The van der Waals surface area contributed by atoms with Crippen LogP contribution in [0.15, 0.2) is 99.3 Å². The SMILES string of the molecule is Cn1c(=O)c2c(nc(Br)n2[C@H](C(=O)c2ccc(-c3ccccc3)cc2)c2ccccc2)n(C)c1=O. The van der Waals surface area contributed by atoms with Crippen molar-refractivity contribution in [2.75, 3.05) is 0 Å². The molecule has 3 aromatic carbocycles. The number of hydrogen-bond acceptors (Lipinski definition) is 4. The lowest BCUT2D eigenvalue weighted by atomic mass is 9.95. The molecule has 8 heteroatoms. The molecular weight excluding hydrogens is 508 g/mol. The Balaban J connectivity index is 1.70. The zero-order valence-corrected chi connectivity index (χ0v) is 20.6. The zero-order valence-electron chi connectivity index (χ0n) is 19.1. The van der Waals surface area contributed by atoms with Crippen LogP contribution < -0.4 is 11.2 Å². The number of hydrogen-bond donors (Lipinski definition) is 0. The number of carbonyl (C=O) groups excluding carboxylic acids is 1. The second-order valence-electron chi connectivity index (χ2n) is 8.25. The third-order valence-corrected chi connectivity index (χ3v) is 6.71. The molecule has 0 unspecified atom stereocenters. The topological polar surface area (TPSA) is 78.9 Å². The first-order valence-electron chi connectivity index (χ1n) is 11.0. The number of benzene rings is 3. The van der Waals surface area contributed by atoms with Gasteiger partial charge in [-0.2, -0.15) is 0 Å². The second kappa shape index (κ2) is 8.96. The van der Waals surface area contributed by atoms with Gasteiger partial charge in [0.2, 0.25) is 0 Å². The third kappa shape index (κ3) is 3.85. The van der Waals surface area contributed by atoms with Crippen molar-refractivity contribution in [3.63, 3.8) is 0 Å². The Bertz CT molecular complexity index is 1670. The van der Waals surface area contributed by atoms with Crippen molar-refractivity contribution in [3.05, 3.63) is 122 Å². The van der Waals surface area contributed by atoms with E-state index in [2.05, 4.69) is 20.9 Å². The first-order valence-corrected chi connectivity index (χ1v) is 11.8. The zero-order chi connectivity index (χ0) is 24.7. The van der Waals surface area contributed by atoms with Gasteiger partial charge >= 0.3 is 5.69 Å². The van der Waals surface area contributed by atoms with Crippen LogP contribution in [0.5, 0.6) is 0 Å². The number of nitrogens with zero attached hydrogens (tertiary/aromatic N) is 4. The predicted octanol–water partition coefficient (Wildman–Crippen LogP) is 4.34. The van der Waals surface area contributed by atoms with Crippen molar-refractivity contribution in [2.45, 2.75) is 6.04 Å². The predicted molar refractivity (Wildman–Crippen MR) is 139 cm³/mol. The van der Waals surface area contributed by atoms with Gasteiger partial charge in [-0.3, -0.25) is 23.3 Å². The van der Waals surface area contributed by atoms with Gasteiger partial charge in [0.1, 0.15) is 6.04 Å². The van der Waals surface area contributed by atoms with Crippen LogP contribution in [0.1, 0.15) is 22.0 Å². The Morgan fingerprint density at radius 3 is 2.00 bits per heavy atom. The van der Waals surface area contributed by atoms with Gasteiger partial charge in [-0.25, -0.2) is 9.78 Å². The number of halogens is 1. The summed E-state index contributed by atoms with van der Waals surface area (Å²) in [7, 11) is 2.96. The van der Waals surface area contributed by atoms with Crippen LogP contribution in [-0.4, -0.2) is 24.5 Å². The van der Waals surface area contributed by atoms with Crippen LogP contribution in [0.2, 0.25) is 0 Å². The maximum absolute atomic E-state index is 14.0. The van der Waals surface area contributed by atoms with Crippen LogP contribution in [0.4, 0.5) is 0 Å². The molecule has 0 amide bonds. The Labute approximate surface area is 209 Å². The molecule has 0 saturated heterocycles. The lowest BCUT2D eigenvalue weighted by molar-refractivity contribution is 0.0946. The summed E-state index contributed by atoms with van der Waals surface area (Å²) >= 11 is 3.44. The number of ketones is 1. The molecular formula is C27H21BrN4O3. The fourth-order valence-electron chi connectivity index (χ4n) is 4.29. The first kappa shape index (κ1) is 22.7. The van der Waals surface area contributed by atoms with E-state index in [1.165, 1.54) is 11.6 Å². The van der Waals surface area contributed by atoms with E-state index in [1.807, 2.05) is 72.8 Å². The van der Waals surface area contributed by atoms with E-state index in [0.29, 0.717) is 11.1 Å². The molecule has 2 aromatic heterocycles. The van der Waals surface area contributed by atoms with E-state index in [0.717, 1.165) is 15.7 Å². The molecule has 0 saturated carbocycles. The van der Waals surface area contributed by atoms with Gasteiger partial charge in [-0.1, -0.05) is 84.9 Å². The highest BCUT2D eigenvalue weighted by atomic mass is 79.9. The first-order chi connectivity index (χ1) is 16.9. The number of fused-ring (bicyclic) bond motifs is 1. The Kier molecular flexibility index (Phi) is 5.82. The van der Waals surface area contributed by atoms with Crippen LogP contribution in [0.3, 0.4) is 0 Å². The second-order valence-corrected chi connectivity index (χ2v) is 8.96. The number of aromatic nitrogens is 4. The van der Waals surface area contributed by atoms with Gasteiger partial charge in [0.05, 0.1) is 0 Å². The highest BCUT2D eigenvalue weighted by Gasteiger charge is 2.30. The number of carbonyl (C=O) groups is 1. The molecule has 0 radical (unpaired) electrons. The van der Waals surface area contributed by atoms with Crippen molar-refractivity contribution in [1.82, 2.24) is 18.7 Å². The maximum Gasteiger partial charge on any atom is 0.332 e. The molecule has 35 heavy (non-hydrogen) atoms. The molecule has 0 aliphatic carbocycles. The van der Waals surface area contributed by atoms with E-state index in [1.54, 1.807) is 23.7 Å². The average molecular weight is 529 g/mol. The van der Waals surface area contributed by atoms with Crippen LogP contribution in [-0.2, 0) is 14.1 Å². The van der Waals surface area contributed by atoms with Crippen molar-refractivity contribution < 1.29 is 4.79 Å². The minimum absolute atomic E-state index is 0.171. The molecule has 0 aliphatic heterocycles.